The Bertz CT molecular complexity index is 1570. The summed E-state index contributed by atoms with van der Waals surface area (Å²) >= 11 is 0. The average molecular weight is 561 g/mol. The lowest BCUT2D eigenvalue weighted by Gasteiger charge is -2.36. The van der Waals surface area contributed by atoms with Gasteiger partial charge in [-0.15, -0.1) is 0 Å². The summed E-state index contributed by atoms with van der Waals surface area (Å²) in [6.07, 6.45) is 2.60. The van der Waals surface area contributed by atoms with Gasteiger partial charge in [0, 0.05) is 28.7 Å². The van der Waals surface area contributed by atoms with Crippen molar-refractivity contribution in [2.24, 2.45) is 5.73 Å². The highest BCUT2D eigenvalue weighted by Gasteiger charge is 2.34. The fraction of sp³-hybridized carbons (Fsp3) is 0.0909. The molecule has 2 heterocycles. The van der Waals surface area contributed by atoms with E-state index in [1.165, 1.54) is 7.05 Å². The van der Waals surface area contributed by atoms with E-state index >= 15 is 0 Å². The number of hydrogen-bond donors (Lipinski definition) is 2. The van der Waals surface area contributed by atoms with Gasteiger partial charge in [0.25, 0.3) is 0 Å². The van der Waals surface area contributed by atoms with Gasteiger partial charge in [0.15, 0.2) is 5.82 Å². The van der Waals surface area contributed by atoms with Crippen LogP contribution in [0, 0.1) is 0 Å². The highest BCUT2D eigenvalue weighted by Crippen LogP contribution is 2.36. The van der Waals surface area contributed by atoms with Gasteiger partial charge < -0.3 is 15.8 Å². The molecule has 0 unspecified atom stereocenters. The number of rotatable bonds is 6. The smallest absolute Gasteiger partial charge is 0.335 e. The summed E-state index contributed by atoms with van der Waals surface area (Å²) in [7, 11) is 3.12. The number of hydrogen-bond acceptors (Lipinski definition) is 7. The molecule has 0 radical (unpaired) electrons. The largest absolute Gasteiger partial charge is 0.497 e. The van der Waals surface area contributed by atoms with Gasteiger partial charge in [0.05, 0.1) is 19.3 Å². The van der Waals surface area contributed by atoms with E-state index in [1.807, 2.05) is 103 Å². The van der Waals surface area contributed by atoms with Crippen LogP contribution in [0.2, 0.25) is 0 Å². The second kappa shape index (κ2) is 14.7. The zero-order valence-electron chi connectivity index (χ0n) is 23.4. The number of nitrogens with zero attached hydrogens (tertiary/aromatic N) is 4. The third kappa shape index (κ3) is 7.15. The molecule has 3 N–H and O–H groups in total. The van der Waals surface area contributed by atoms with Crippen LogP contribution in [0.25, 0.3) is 0 Å². The Hall–Kier alpha value is -5.54. The van der Waals surface area contributed by atoms with Crippen LogP contribution in [0.5, 0.6) is 5.75 Å². The number of methoxy groups -OCH3 is 1. The Balaban J connectivity index is 0.000000347. The number of fused-ring (bicyclic) bond motifs is 1. The number of carbonyl (C=O) groups is 2. The fourth-order valence-electron chi connectivity index (χ4n) is 4.17. The summed E-state index contributed by atoms with van der Waals surface area (Å²) in [5, 5.41) is 3.21. The molecule has 0 aliphatic carbocycles. The molecule has 9 heteroatoms. The van der Waals surface area contributed by atoms with Crippen molar-refractivity contribution in [1.82, 2.24) is 9.97 Å². The number of nitrogens with one attached hydrogen (secondary N) is 1. The van der Waals surface area contributed by atoms with Crippen LogP contribution in [-0.4, -0.2) is 36.4 Å². The lowest BCUT2D eigenvalue weighted by Crippen LogP contribution is -2.45. The molecular weight excluding hydrogens is 528 g/mol. The first-order valence-corrected chi connectivity index (χ1v) is 13.2. The van der Waals surface area contributed by atoms with Crippen molar-refractivity contribution < 1.29 is 14.3 Å². The maximum atomic E-state index is 13.7. The van der Waals surface area contributed by atoms with Gasteiger partial charge in [-0.05, 0) is 55.6 Å². The number of urea groups is 1. The van der Waals surface area contributed by atoms with Crippen molar-refractivity contribution in [3.05, 3.63) is 133 Å². The summed E-state index contributed by atoms with van der Waals surface area (Å²) in [4.78, 5) is 36.2. The molecule has 4 aromatic carbocycles. The summed E-state index contributed by atoms with van der Waals surface area (Å²) in [5.74, 6) is 1.74. The summed E-state index contributed by atoms with van der Waals surface area (Å²) in [5.41, 5.74) is 8.46. The Labute approximate surface area is 245 Å². The van der Waals surface area contributed by atoms with Crippen molar-refractivity contribution in [3.63, 3.8) is 0 Å². The van der Waals surface area contributed by atoms with E-state index in [9.17, 15) is 9.59 Å². The lowest BCUT2D eigenvalue weighted by atomic mass is 10.1. The molecule has 0 spiro atoms. The Morgan fingerprint density at radius 1 is 0.810 bits per heavy atom. The molecule has 0 atom stereocenters. The van der Waals surface area contributed by atoms with Crippen molar-refractivity contribution in [2.45, 2.75) is 6.54 Å². The minimum absolute atomic E-state index is 0.182. The van der Waals surface area contributed by atoms with Crippen LogP contribution in [0.3, 0.4) is 0 Å². The van der Waals surface area contributed by atoms with Crippen LogP contribution >= 0.6 is 0 Å². The van der Waals surface area contributed by atoms with E-state index in [2.05, 4.69) is 16.0 Å². The molecular formula is C33H32N6O3. The minimum Gasteiger partial charge on any atom is -0.497 e. The zero-order chi connectivity index (χ0) is 29.7. The summed E-state index contributed by atoms with van der Waals surface area (Å²) < 4.78 is 5.25. The van der Waals surface area contributed by atoms with Crippen molar-refractivity contribution in [1.29, 1.82) is 0 Å². The predicted molar refractivity (Wildman–Crippen MR) is 167 cm³/mol. The van der Waals surface area contributed by atoms with E-state index < -0.39 is 0 Å². The molecule has 1 aliphatic heterocycles. The summed E-state index contributed by atoms with van der Waals surface area (Å²) in [6, 6.07) is 35.6. The number of ether oxygens (including phenoxy) is 1. The maximum Gasteiger partial charge on any atom is 0.335 e. The third-order valence-electron chi connectivity index (χ3n) is 6.17. The van der Waals surface area contributed by atoms with E-state index in [0.717, 1.165) is 40.2 Å². The molecule has 0 bridgehead atoms. The van der Waals surface area contributed by atoms with Gasteiger partial charge >= 0.3 is 6.03 Å². The number of para-hydroxylation sites is 2. The summed E-state index contributed by atoms with van der Waals surface area (Å²) in [6.45, 7) is 0.370. The molecule has 1 aromatic heterocycles. The van der Waals surface area contributed by atoms with E-state index in [0.29, 0.717) is 18.3 Å². The first kappa shape index (κ1) is 29.4. The van der Waals surface area contributed by atoms with E-state index in [4.69, 9.17) is 9.72 Å². The molecule has 0 saturated carbocycles. The molecule has 212 valence electrons. The minimum atomic E-state index is -0.182. The first-order chi connectivity index (χ1) is 20.7. The predicted octanol–water partition coefficient (Wildman–Crippen LogP) is 6.58. The Morgan fingerprint density at radius 3 is 1.98 bits per heavy atom. The highest BCUT2D eigenvalue weighted by atomic mass is 16.5. The number of aromatic nitrogens is 2. The number of anilines is 5. The lowest BCUT2D eigenvalue weighted by molar-refractivity contribution is 0.112. The van der Waals surface area contributed by atoms with E-state index in [-0.39, 0.29) is 6.03 Å². The number of aldehydes is 1. The van der Waals surface area contributed by atoms with Gasteiger partial charge in [0.2, 0.25) is 5.95 Å². The fourth-order valence-corrected chi connectivity index (χ4v) is 4.17. The number of amides is 2. The molecule has 2 amide bonds. The first-order valence-electron chi connectivity index (χ1n) is 13.2. The van der Waals surface area contributed by atoms with E-state index in [1.54, 1.807) is 35.2 Å². The van der Waals surface area contributed by atoms with Crippen LogP contribution < -0.4 is 25.6 Å². The van der Waals surface area contributed by atoms with Gasteiger partial charge in [-0.1, -0.05) is 66.7 Å². The monoisotopic (exact) mass is 560 g/mol. The third-order valence-corrected chi connectivity index (χ3v) is 6.17. The zero-order valence-corrected chi connectivity index (χ0v) is 23.4. The molecule has 6 rings (SSSR count). The molecule has 9 nitrogen and oxygen atoms in total. The molecule has 0 fully saturated rings. The number of carbonyl (C=O) groups excluding carboxylic acids is 2. The van der Waals surface area contributed by atoms with Gasteiger partial charge in [-0.25, -0.2) is 14.7 Å². The van der Waals surface area contributed by atoms with Crippen LogP contribution in [0.1, 0.15) is 15.9 Å². The van der Waals surface area contributed by atoms with Crippen LogP contribution in [0.15, 0.2) is 121 Å². The Kier molecular flexibility index (Phi) is 10.3. The SMILES string of the molecule is CN.COc1ccc(N2Cc3cnc(Nc4ccccc4)nc3N(c3ccccc3)C2=O)cc1.O=Cc1ccccc1. The van der Waals surface area contributed by atoms with Gasteiger partial charge in [-0.3, -0.25) is 9.69 Å². The molecule has 0 saturated heterocycles. The van der Waals surface area contributed by atoms with Gasteiger partial charge in [-0.2, -0.15) is 4.98 Å². The standard InChI is InChI=1S/C25H21N5O2.C7H6O.CH5N/c1-32-22-14-12-20(13-15-22)29-17-18-16-26-24(27-19-8-4-2-5-9-19)28-23(18)30(25(29)31)21-10-6-3-7-11-21;8-6-7-4-2-1-3-5-7;1-2/h2-16H,17H2,1H3,(H,26,27,28);1-6H;2H2,1H3. The van der Waals surface area contributed by atoms with Crippen molar-refractivity contribution >= 4 is 41.1 Å². The maximum absolute atomic E-state index is 13.7. The number of nitrogens with two attached hydrogens (primary N) is 1. The topological polar surface area (TPSA) is 114 Å². The molecule has 5 aromatic rings. The second-order valence-corrected chi connectivity index (χ2v) is 8.80. The van der Waals surface area contributed by atoms with Gasteiger partial charge in [0.1, 0.15) is 12.0 Å². The van der Waals surface area contributed by atoms with Crippen LogP contribution in [0.4, 0.5) is 33.6 Å². The van der Waals surface area contributed by atoms with Crippen LogP contribution in [-0.2, 0) is 6.54 Å². The normalized spacial score (nSPS) is 11.6. The second-order valence-electron chi connectivity index (χ2n) is 8.80. The quantitative estimate of drug-likeness (QED) is 0.226. The Morgan fingerprint density at radius 2 is 1.40 bits per heavy atom. The highest BCUT2D eigenvalue weighted by molar-refractivity contribution is 6.10. The van der Waals surface area contributed by atoms with Crippen molar-refractivity contribution in [3.8, 4) is 5.75 Å². The van der Waals surface area contributed by atoms with Crippen molar-refractivity contribution in [2.75, 3.05) is 29.3 Å². The molecule has 1 aliphatic rings. The molecule has 42 heavy (non-hydrogen) atoms. The average Bonchev–Trinajstić information content (AvgIpc) is 3.07. The number of benzene rings is 4.